The second kappa shape index (κ2) is 7.98. The average molecular weight is 427 g/mol. The molecule has 0 unspecified atom stereocenters. The first-order chi connectivity index (χ1) is 14.6. The first-order valence-corrected chi connectivity index (χ1v) is 11.7. The molecule has 8 heteroatoms. The summed E-state index contributed by atoms with van der Waals surface area (Å²) in [6, 6.07) is 3.67. The zero-order valence-electron chi connectivity index (χ0n) is 16.9. The molecule has 30 heavy (non-hydrogen) atoms. The van der Waals surface area contributed by atoms with Gasteiger partial charge in [-0.15, -0.1) is 11.3 Å². The molecule has 158 valence electrons. The number of fused-ring (bicyclic) bond motifs is 1. The highest BCUT2D eigenvalue weighted by molar-refractivity contribution is 7.12. The summed E-state index contributed by atoms with van der Waals surface area (Å²) in [6.07, 6.45) is 5.62. The van der Waals surface area contributed by atoms with Crippen molar-refractivity contribution < 1.29 is 9.59 Å². The van der Waals surface area contributed by atoms with Gasteiger partial charge in [-0.05, 0) is 37.1 Å². The number of carbonyl (C=O) groups is 2. The maximum Gasteiger partial charge on any atom is 0.264 e. The Hall–Kier alpha value is -2.48. The first-order valence-electron chi connectivity index (χ1n) is 10.8. The predicted octanol–water partition coefficient (Wildman–Crippen LogP) is 2.54. The summed E-state index contributed by atoms with van der Waals surface area (Å²) >= 11 is 1.42. The van der Waals surface area contributed by atoms with Crippen LogP contribution in [0.2, 0.25) is 0 Å². The van der Waals surface area contributed by atoms with E-state index in [-0.39, 0.29) is 29.2 Å². The van der Waals surface area contributed by atoms with E-state index < -0.39 is 0 Å². The van der Waals surface area contributed by atoms with Gasteiger partial charge in [-0.3, -0.25) is 14.4 Å². The maximum absolute atomic E-state index is 12.8. The molecule has 2 aromatic rings. The van der Waals surface area contributed by atoms with Gasteiger partial charge in [0, 0.05) is 37.9 Å². The Morgan fingerprint density at radius 2 is 2.00 bits per heavy atom. The summed E-state index contributed by atoms with van der Waals surface area (Å²) in [7, 11) is 0. The molecular weight excluding hydrogens is 400 g/mol. The van der Waals surface area contributed by atoms with Crippen LogP contribution in [0.4, 0.5) is 0 Å². The summed E-state index contributed by atoms with van der Waals surface area (Å²) in [6.45, 7) is 2.31. The summed E-state index contributed by atoms with van der Waals surface area (Å²) < 4.78 is 0. The third-order valence-electron chi connectivity index (χ3n) is 6.68. The molecule has 2 amide bonds. The fourth-order valence-corrected chi connectivity index (χ4v) is 5.37. The minimum atomic E-state index is -0.152. The quantitative estimate of drug-likeness (QED) is 0.817. The highest BCUT2D eigenvalue weighted by Crippen LogP contribution is 2.32. The lowest BCUT2D eigenvalue weighted by Gasteiger charge is -2.37. The van der Waals surface area contributed by atoms with Gasteiger partial charge in [-0.2, -0.15) is 0 Å². The number of aromatic amines is 1. The molecule has 1 aliphatic carbocycles. The van der Waals surface area contributed by atoms with E-state index in [0.717, 1.165) is 44.3 Å². The molecule has 7 nitrogen and oxygen atoms in total. The van der Waals surface area contributed by atoms with Crippen molar-refractivity contribution in [2.75, 3.05) is 19.6 Å². The Bertz CT molecular complexity index is 1010. The molecule has 4 heterocycles. The van der Waals surface area contributed by atoms with Gasteiger partial charge in [0.1, 0.15) is 5.82 Å². The lowest BCUT2D eigenvalue weighted by atomic mass is 9.83. The summed E-state index contributed by atoms with van der Waals surface area (Å²) in [5.74, 6) is 1.21. The standard InChI is InChI=1S/C22H26N4O3S/c27-20-16-13-26(22(29)18-7-3-11-30-18)10-8-17(16)23-19(24-20)15-6-2-9-25(12-15)21(28)14-4-1-5-14/h3,7,11,14-15H,1-2,4-6,8-10,12-13H2,(H,23,24,27)/t15-/m1/s1. The molecule has 0 aromatic carbocycles. The van der Waals surface area contributed by atoms with Crippen molar-refractivity contribution in [2.24, 2.45) is 5.92 Å². The molecule has 2 fully saturated rings. The molecule has 0 bridgehead atoms. The largest absolute Gasteiger partial charge is 0.342 e. The van der Waals surface area contributed by atoms with Crippen molar-refractivity contribution in [1.29, 1.82) is 0 Å². The Balaban J connectivity index is 1.33. The van der Waals surface area contributed by atoms with Gasteiger partial charge in [0.2, 0.25) is 5.91 Å². The van der Waals surface area contributed by atoms with Crippen molar-refractivity contribution in [3.05, 3.63) is 49.8 Å². The summed E-state index contributed by atoms with van der Waals surface area (Å²) in [4.78, 5) is 50.3. The fraction of sp³-hybridized carbons (Fsp3) is 0.545. The van der Waals surface area contributed by atoms with Gasteiger partial charge in [-0.1, -0.05) is 12.5 Å². The number of H-pyrrole nitrogens is 1. The van der Waals surface area contributed by atoms with E-state index in [9.17, 15) is 14.4 Å². The van der Waals surface area contributed by atoms with Crippen LogP contribution in [0, 0.1) is 5.92 Å². The summed E-state index contributed by atoms with van der Waals surface area (Å²) in [5, 5.41) is 1.88. The minimum Gasteiger partial charge on any atom is -0.342 e. The molecule has 0 spiro atoms. The van der Waals surface area contributed by atoms with Crippen LogP contribution in [-0.2, 0) is 17.8 Å². The Kier molecular flexibility index (Phi) is 5.18. The second-order valence-electron chi connectivity index (χ2n) is 8.58. The van der Waals surface area contributed by atoms with Gasteiger partial charge >= 0.3 is 0 Å². The number of amides is 2. The lowest BCUT2D eigenvalue weighted by molar-refractivity contribution is -0.139. The van der Waals surface area contributed by atoms with E-state index >= 15 is 0 Å². The molecule has 2 aromatic heterocycles. The van der Waals surface area contributed by atoms with Crippen molar-refractivity contribution in [2.45, 2.75) is 51.0 Å². The van der Waals surface area contributed by atoms with Crippen LogP contribution in [0.3, 0.4) is 0 Å². The number of nitrogens with one attached hydrogen (secondary N) is 1. The van der Waals surface area contributed by atoms with E-state index in [4.69, 9.17) is 4.98 Å². The highest BCUT2D eigenvalue weighted by atomic mass is 32.1. The smallest absolute Gasteiger partial charge is 0.264 e. The van der Waals surface area contributed by atoms with Crippen LogP contribution < -0.4 is 5.56 Å². The van der Waals surface area contributed by atoms with Crippen LogP contribution in [-0.4, -0.2) is 51.2 Å². The van der Waals surface area contributed by atoms with Crippen LogP contribution in [0.5, 0.6) is 0 Å². The van der Waals surface area contributed by atoms with Crippen molar-refractivity contribution in [3.63, 3.8) is 0 Å². The van der Waals surface area contributed by atoms with E-state index in [0.29, 0.717) is 42.3 Å². The third kappa shape index (κ3) is 3.57. The normalized spacial score (nSPS) is 21.8. The maximum atomic E-state index is 12.8. The molecule has 5 rings (SSSR count). The van der Waals surface area contributed by atoms with Gasteiger partial charge < -0.3 is 14.8 Å². The lowest BCUT2D eigenvalue weighted by Crippen LogP contribution is -2.45. The molecule has 1 atom stereocenters. The molecule has 1 saturated carbocycles. The van der Waals surface area contributed by atoms with Crippen LogP contribution in [0.15, 0.2) is 22.3 Å². The number of rotatable bonds is 3. The highest BCUT2D eigenvalue weighted by Gasteiger charge is 2.34. The minimum absolute atomic E-state index is 0.0310. The molecule has 2 aliphatic heterocycles. The second-order valence-corrected chi connectivity index (χ2v) is 9.53. The van der Waals surface area contributed by atoms with Gasteiger partial charge in [-0.25, -0.2) is 4.98 Å². The van der Waals surface area contributed by atoms with E-state index in [1.165, 1.54) is 11.3 Å². The monoisotopic (exact) mass is 426 g/mol. The van der Waals surface area contributed by atoms with E-state index in [1.54, 1.807) is 4.90 Å². The number of hydrogen-bond donors (Lipinski definition) is 1. The topological polar surface area (TPSA) is 86.4 Å². The molecule has 0 radical (unpaired) electrons. The van der Waals surface area contributed by atoms with Crippen molar-refractivity contribution in [1.82, 2.24) is 19.8 Å². The average Bonchev–Trinajstić information content (AvgIpc) is 3.26. The number of thiophene rings is 1. The number of nitrogens with zero attached hydrogens (tertiary/aromatic N) is 3. The SMILES string of the molecule is O=C(c1cccs1)N1CCc2nc([C@@H]3CCCN(C(=O)C4CCC4)C3)[nH]c(=O)c2C1. The predicted molar refractivity (Wildman–Crippen MR) is 114 cm³/mol. The molecule has 1 N–H and O–H groups in total. The molecule has 3 aliphatic rings. The van der Waals surface area contributed by atoms with Crippen molar-refractivity contribution >= 4 is 23.2 Å². The zero-order chi connectivity index (χ0) is 20.7. The number of likely N-dealkylation sites (tertiary alicyclic amines) is 1. The van der Waals surface area contributed by atoms with Crippen molar-refractivity contribution in [3.8, 4) is 0 Å². The number of carbonyl (C=O) groups excluding carboxylic acids is 2. The van der Waals surface area contributed by atoms with Crippen LogP contribution in [0.25, 0.3) is 0 Å². The first kappa shape index (κ1) is 19.5. The van der Waals surface area contributed by atoms with Crippen LogP contribution >= 0.6 is 11.3 Å². The van der Waals surface area contributed by atoms with Gasteiger partial charge in [0.05, 0.1) is 22.7 Å². The number of aromatic nitrogens is 2. The number of piperidine rings is 1. The fourth-order valence-electron chi connectivity index (χ4n) is 4.68. The van der Waals surface area contributed by atoms with Gasteiger partial charge in [0.15, 0.2) is 0 Å². The summed E-state index contributed by atoms with van der Waals surface area (Å²) in [5.41, 5.74) is 1.24. The van der Waals surface area contributed by atoms with E-state index in [2.05, 4.69) is 4.98 Å². The third-order valence-corrected chi connectivity index (χ3v) is 7.54. The number of hydrogen-bond acceptors (Lipinski definition) is 5. The van der Waals surface area contributed by atoms with E-state index in [1.807, 2.05) is 22.4 Å². The van der Waals surface area contributed by atoms with Gasteiger partial charge in [0.25, 0.3) is 11.5 Å². The van der Waals surface area contributed by atoms with Crippen LogP contribution in [0.1, 0.15) is 64.8 Å². The Morgan fingerprint density at radius 1 is 1.13 bits per heavy atom. The zero-order valence-corrected chi connectivity index (χ0v) is 17.7. The Labute approximate surface area is 179 Å². The molecular formula is C22H26N4O3S. The Morgan fingerprint density at radius 3 is 2.73 bits per heavy atom. The molecule has 1 saturated heterocycles.